The summed E-state index contributed by atoms with van der Waals surface area (Å²) in [6.07, 6.45) is 0.916. The highest BCUT2D eigenvalue weighted by Gasteiger charge is 2.09. The molecule has 0 saturated carbocycles. The summed E-state index contributed by atoms with van der Waals surface area (Å²) >= 11 is 4.99. The Morgan fingerprint density at radius 3 is 2.52 bits per heavy atom. The first-order valence-electron chi connectivity index (χ1n) is 7.02. The van der Waals surface area contributed by atoms with Gasteiger partial charge in [-0.15, -0.1) is 0 Å². The normalized spacial score (nSPS) is 10.9. The molecule has 3 rings (SSSR count). The third-order valence-electron chi connectivity index (χ3n) is 3.63. The molecule has 0 spiro atoms. The summed E-state index contributed by atoms with van der Waals surface area (Å²) in [5.74, 6) is 1.11. The lowest BCUT2D eigenvalue weighted by molar-refractivity contribution is 0.753. The number of nitrogens with zero attached hydrogens (tertiary/aromatic N) is 2. The summed E-state index contributed by atoms with van der Waals surface area (Å²) in [7, 11) is 0. The second-order valence-electron chi connectivity index (χ2n) is 5.02. The van der Waals surface area contributed by atoms with E-state index in [-0.39, 0.29) is 0 Å². The van der Waals surface area contributed by atoms with Crippen molar-refractivity contribution in [1.29, 1.82) is 0 Å². The number of rotatable bonds is 4. The van der Waals surface area contributed by atoms with Crippen LogP contribution in [0.2, 0.25) is 0 Å². The van der Waals surface area contributed by atoms with Gasteiger partial charge in [0.2, 0.25) is 0 Å². The van der Waals surface area contributed by atoms with Crippen LogP contribution in [0.25, 0.3) is 11.0 Å². The first-order chi connectivity index (χ1) is 10.2. The number of para-hydroxylation sites is 2. The van der Waals surface area contributed by atoms with Crippen LogP contribution in [0.4, 0.5) is 0 Å². The molecule has 4 heteroatoms. The van der Waals surface area contributed by atoms with Crippen molar-refractivity contribution in [1.82, 2.24) is 9.55 Å². The van der Waals surface area contributed by atoms with Crippen molar-refractivity contribution in [2.75, 3.05) is 0 Å². The zero-order chi connectivity index (χ0) is 14.8. The fourth-order valence-electron chi connectivity index (χ4n) is 2.53. The average molecular weight is 295 g/mol. The Balaban J connectivity index is 1.99. The average Bonchev–Trinajstić information content (AvgIpc) is 2.86. The van der Waals surface area contributed by atoms with Gasteiger partial charge in [-0.2, -0.15) is 0 Å². The van der Waals surface area contributed by atoms with Crippen molar-refractivity contribution in [3.05, 3.63) is 65.5 Å². The van der Waals surface area contributed by atoms with E-state index in [0.717, 1.165) is 29.9 Å². The van der Waals surface area contributed by atoms with Crippen LogP contribution in [-0.4, -0.2) is 14.5 Å². The van der Waals surface area contributed by atoms with Gasteiger partial charge in [-0.05, 0) is 17.7 Å². The number of aryl methyl sites for hydroxylation is 1. The summed E-state index contributed by atoms with van der Waals surface area (Å²) in [6, 6.07) is 16.3. The van der Waals surface area contributed by atoms with Gasteiger partial charge in [0.25, 0.3) is 0 Å². The van der Waals surface area contributed by atoms with Gasteiger partial charge in [0, 0.05) is 18.5 Å². The molecule has 0 bridgehead atoms. The molecule has 0 radical (unpaired) electrons. The molecule has 0 aliphatic heterocycles. The van der Waals surface area contributed by atoms with Crippen LogP contribution in [0.1, 0.15) is 23.9 Å². The van der Waals surface area contributed by atoms with Crippen LogP contribution in [0.3, 0.4) is 0 Å². The topological polar surface area (TPSA) is 43.8 Å². The zero-order valence-electron chi connectivity index (χ0n) is 11.9. The SMILES string of the molecule is CCc1nc2ccccc2n1Cc1ccc(C(N)=S)cc1. The van der Waals surface area contributed by atoms with Crippen LogP contribution < -0.4 is 5.73 Å². The molecule has 2 aromatic carbocycles. The van der Waals surface area contributed by atoms with E-state index in [1.807, 2.05) is 18.2 Å². The van der Waals surface area contributed by atoms with Crippen LogP contribution in [-0.2, 0) is 13.0 Å². The molecule has 2 N–H and O–H groups in total. The van der Waals surface area contributed by atoms with Gasteiger partial charge in [-0.1, -0.05) is 55.5 Å². The predicted molar refractivity (Wildman–Crippen MR) is 90.5 cm³/mol. The largest absolute Gasteiger partial charge is 0.389 e. The fraction of sp³-hybridized carbons (Fsp3) is 0.176. The van der Waals surface area contributed by atoms with Gasteiger partial charge in [0.05, 0.1) is 11.0 Å². The Bertz CT molecular complexity index is 787. The number of aromatic nitrogens is 2. The van der Waals surface area contributed by atoms with E-state index >= 15 is 0 Å². The Morgan fingerprint density at radius 2 is 1.86 bits per heavy atom. The minimum atomic E-state index is 0.434. The minimum Gasteiger partial charge on any atom is -0.389 e. The molecule has 1 aromatic heterocycles. The van der Waals surface area contributed by atoms with Crippen LogP contribution in [0.5, 0.6) is 0 Å². The lowest BCUT2D eigenvalue weighted by Gasteiger charge is -2.09. The Hall–Kier alpha value is -2.20. The predicted octanol–water partition coefficient (Wildman–Crippen LogP) is 3.28. The van der Waals surface area contributed by atoms with Gasteiger partial charge >= 0.3 is 0 Å². The van der Waals surface area contributed by atoms with Gasteiger partial charge in [0.1, 0.15) is 10.8 Å². The van der Waals surface area contributed by atoms with Crippen LogP contribution >= 0.6 is 12.2 Å². The second kappa shape index (κ2) is 5.66. The smallest absolute Gasteiger partial charge is 0.109 e. The minimum absolute atomic E-state index is 0.434. The van der Waals surface area contributed by atoms with Crippen molar-refractivity contribution in [2.45, 2.75) is 19.9 Å². The van der Waals surface area contributed by atoms with E-state index in [0.29, 0.717) is 4.99 Å². The third-order valence-corrected chi connectivity index (χ3v) is 3.86. The molecule has 21 heavy (non-hydrogen) atoms. The van der Waals surface area contributed by atoms with Crippen molar-refractivity contribution < 1.29 is 0 Å². The number of benzene rings is 2. The van der Waals surface area contributed by atoms with Crippen molar-refractivity contribution in [3.8, 4) is 0 Å². The van der Waals surface area contributed by atoms with Gasteiger partial charge in [-0.3, -0.25) is 0 Å². The molecular formula is C17H17N3S. The highest BCUT2D eigenvalue weighted by atomic mass is 32.1. The maximum Gasteiger partial charge on any atom is 0.109 e. The number of nitrogens with two attached hydrogens (primary N) is 1. The summed E-state index contributed by atoms with van der Waals surface area (Å²) in [5.41, 5.74) is 9.98. The standard InChI is InChI=1S/C17H17N3S/c1-2-16-19-14-5-3-4-6-15(14)20(16)11-12-7-9-13(10-8-12)17(18)21/h3-10H,2,11H2,1H3,(H2,18,21). The summed E-state index contributed by atoms with van der Waals surface area (Å²) in [6.45, 7) is 2.94. The molecule has 106 valence electrons. The highest BCUT2D eigenvalue weighted by Crippen LogP contribution is 2.18. The molecular weight excluding hydrogens is 278 g/mol. The maximum atomic E-state index is 5.64. The lowest BCUT2D eigenvalue weighted by atomic mass is 10.1. The van der Waals surface area contributed by atoms with E-state index in [1.165, 1.54) is 11.1 Å². The maximum absolute atomic E-state index is 5.64. The summed E-state index contributed by atoms with van der Waals surface area (Å²) < 4.78 is 2.27. The van der Waals surface area contributed by atoms with Crippen molar-refractivity contribution in [2.24, 2.45) is 5.73 Å². The molecule has 0 fully saturated rings. The van der Waals surface area contributed by atoms with E-state index in [9.17, 15) is 0 Å². The first kappa shape index (κ1) is 13.8. The molecule has 0 aliphatic rings. The molecule has 3 aromatic rings. The van der Waals surface area contributed by atoms with Crippen LogP contribution in [0, 0.1) is 0 Å². The number of thiocarbonyl (C=S) groups is 1. The van der Waals surface area contributed by atoms with Crippen molar-refractivity contribution >= 4 is 28.2 Å². The number of hydrogen-bond acceptors (Lipinski definition) is 2. The molecule has 0 atom stereocenters. The number of imidazole rings is 1. The lowest BCUT2D eigenvalue weighted by Crippen LogP contribution is -2.09. The van der Waals surface area contributed by atoms with Gasteiger partial charge in [-0.25, -0.2) is 4.98 Å². The molecule has 1 heterocycles. The Morgan fingerprint density at radius 1 is 1.14 bits per heavy atom. The van der Waals surface area contributed by atoms with Crippen molar-refractivity contribution in [3.63, 3.8) is 0 Å². The highest BCUT2D eigenvalue weighted by molar-refractivity contribution is 7.80. The monoisotopic (exact) mass is 295 g/mol. The zero-order valence-corrected chi connectivity index (χ0v) is 12.7. The summed E-state index contributed by atoms with van der Waals surface area (Å²) in [5, 5.41) is 0. The molecule has 0 saturated heterocycles. The van der Waals surface area contributed by atoms with E-state index in [1.54, 1.807) is 0 Å². The fourth-order valence-corrected chi connectivity index (χ4v) is 2.66. The van der Waals surface area contributed by atoms with Crippen LogP contribution in [0.15, 0.2) is 48.5 Å². The third kappa shape index (κ3) is 2.67. The molecule has 3 nitrogen and oxygen atoms in total. The second-order valence-corrected chi connectivity index (χ2v) is 5.46. The number of fused-ring (bicyclic) bond motifs is 1. The van der Waals surface area contributed by atoms with E-state index in [4.69, 9.17) is 22.9 Å². The first-order valence-corrected chi connectivity index (χ1v) is 7.42. The molecule has 0 aliphatic carbocycles. The van der Waals surface area contributed by atoms with E-state index in [2.05, 4.69) is 41.8 Å². The molecule has 0 amide bonds. The van der Waals surface area contributed by atoms with Gasteiger partial charge in [0.15, 0.2) is 0 Å². The molecule has 0 unspecified atom stereocenters. The summed E-state index contributed by atoms with van der Waals surface area (Å²) in [4.78, 5) is 5.13. The Kier molecular flexibility index (Phi) is 3.71. The number of hydrogen-bond donors (Lipinski definition) is 1. The van der Waals surface area contributed by atoms with E-state index < -0.39 is 0 Å². The van der Waals surface area contributed by atoms with Gasteiger partial charge < -0.3 is 10.3 Å². The quantitative estimate of drug-likeness (QED) is 0.751. The Labute approximate surface area is 129 Å².